The van der Waals surface area contributed by atoms with E-state index >= 15 is 0 Å². The first-order valence-corrected chi connectivity index (χ1v) is 12.5. The van der Waals surface area contributed by atoms with Crippen molar-refractivity contribution in [2.75, 3.05) is 16.3 Å². The van der Waals surface area contributed by atoms with Crippen LogP contribution in [0.15, 0.2) is 78.4 Å². The molecule has 2 saturated heterocycles. The predicted molar refractivity (Wildman–Crippen MR) is 139 cm³/mol. The zero-order valence-corrected chi connectivity index (χ0v) is 20.4. The fourth-order valence-corrected chi connectivity index (χ4v) is 5.72. The van der Waals surface area contributed by atoms with Crippen molar-refractivity contribution < 1.29 is 23.9 Å². The van der Waals surface area contributed by atoms with Gasteiger partial charge in [0.2, 0.25) is 17.7 Å². The van der Waals surface area contributed by atoms with E-state index in [1.54, 1.807) is 29.2 Å². The SMILES string of the molecule is CC1=CC[C@@H]2C(=O)N(c3cccc(OC(=O)[C@H]4CC(=O)N(c5cccc6ccccc56)C4)c3)C(=O)[C@H]2C1. The summed E-state index contributed by atoms with van der Waals surface area (Å²) in [4.78, 5) is 54.9. The number of amides is 3. The van der Waals surface area contributed by atoms with Crippen molar-refractivity contribution in [3.63, 3.8) is 0 Å². The van der Waals surface area contributed by atoms with E-state index in [9.17, 15) is 19.2 Å². The Morgan fingerprint density at radius 1 is 0.892 bits per heavy atom. The van der Waals surface area contributed by atoms with Gasteiger partial charge in [-0.1, -0.05) is 54.1 Å². The van der Waals surface area contributed by atoms with Gasteiger partial charge in [0.15, 0.2) is 0 Å². The van der Waals surface area contributed by atoms with Gasteiger partial charge in [0.25, 0.3) is 0 Å². The molecule has 0 aromatic heterocycles. The zero-order chi connectivity index (χ0) is 25.7. The Kier molecular flexibility index (Phi) is 5.63. The Labute approximate surface area is 214 Å². The monoisotopic (exact) mass is 494 g/mol. The maximum Gasteiger partial charge on any atom is 0.316 e. The third-order valence-electron chi connectivity index (χ3n) is 7.63. The lowest BCUT2D eigenvalue weighted by molar-refractivity contribution is -0.139. The molecule has 0 radical (unpaired) electrons. The van der Waals surface area contributed by atoms with Crippen LogP contribution in [-0.2, 0) is 19.2 Å². The van der Waals surface area contributed by atoms with E-state index in [1.807, 2.05) is 55.5 Å². The van der Waals surface area contributed by atoms with Crippen LogP contribution in [0.2, 0.25) is 0 Å². The molecule has 2 heterocycles. The number of esters is 1. The molecule has 6 rings (SSSR count). The van der Waals surface area contributed by atoms with Crippen molar-refractivity contribution in [1.82, 2.24) is 0 Å². The fraction of sp³-hybridized carbons (Fsp3) is 0.267. The molecule has 0 spiro atoms. The summed E-state index contributed by atoms with van der Waals surface area (Å²) >= 11 is 0. The molecule has 2 aliphatic heterocycles. The number of benzene rings is 3. The quantitative estimate of drug-likeness (QED) is 0.228. The molecule has 0 N–H and O–H groups in total. The number of rotatable bonds is 4. The summed E-state index contributed by atoms with van der Waals surface area (Å²) in [6.45, 7) is 2.20. The standard InChI is InChI=1S/C30H26N2O5/c1-18-12-13-24-25(14-18)29(35)32(28(24)34)21-8-5-9-22(16-21)37-30(36)20-15-27(33)31(17-20)26-11-4-7-19-6-2-3-10-23(19)26/h2-12,16,20,24-25H,13-15,17H2,1H3/t20-,24-,25-/m0/s1. The third kappa shape index (κ3) is 4.00. The lowest BCUT2D eigenvalue weighted by atomic mass is 9.82. The molecular weight excluding hydrogens is 468 g/mol. The zero-order valence-electron chi connectivity index (χ0n) is 20.4. The molecule has 3 atom stereocenters. The molecule has 3 amide bonds. The average Bonchev–Trinajstić information content (AvgIpc) is 3.40. The average molecular weight is 495 g/mol. The fourth-order valence-electron chi connectivity index (χ4n) is 5.72. The number of carbonyl (C=O) groups is 4. The van der Waals surface area contributed by atoms with Crippen LogP contribution in [0.1, 0.15) is 26.2 Å². The number of hydrogen-bond donors (Lipinski definition) is 0. The Bertz CT molecular complexity index is 1490. The van der Waals surface area contributed by atoms with Gasteiger partial charge in [-0.3, -0.25) is 19.2 Å². The van der Waals surface area contributed by atoms with Gasteiger partial charge in [0.05, 0.1) is 29.1 Å². The molecule has 186 valence electrons. The van der Waals surface area contributed by atoms with Gasteiger partial charge in [-0.15, -0.1) is 0 Å². The van der Waals surface area contributed by atoms with E-state index in [-0.39, 0.29) is 48.3 Å². The highest BCUT2D eigenvalue weighted by Crippen LogP contribution is 2.40. The van der Waals surface area contributed by atoms with E-state index in [1.165, 1.54) is 4.90 Å². The highest BCUT2D eigenvalue weighted by Gasteiger charge is 2.48. The number of carbonyl (C=O) groups excluding carboxylic acids is 4. The molecule has 0 bridgehead atoms. The number of hydrogen-bond acceptors (Lipinski definition) is 5. The molecule has 7 heteroatoms. The number of imide groups is 1. The number of allylic oxidation sites excluding steroid dienone is 2. The molecule has 1 aliphatic carbocycles. The van der Waals surface area contributed by atoms with Gasteiger partial charge in [-0.25, -0.2) is 4.90 Å². The summed E-state index contributed by atoms with van der Waals surface area (Å²) in [5.74, 6) is -2.13. The second-order valence-electron chi connectivity index (χ2n) is 10.0. The molecule has 3 aliphatic rings. The highest BCUT2D eigenvalue weighted by molar-refractivity contribution is 6.22. The Hall–Kier alpha value is -4.26. The summed E-state index contributed by atoms with van der Waals surface area (Å²) < 4.78 is 5.65. The molecule has 2 fully saturated rings. The number of anilines is 2. The summed E-state index contributed by atoms with van der Waals surface area (Å²) in [6.07, 6.45) is 3.23. The van der Waals surface area contributed by atoms with Gasteiger partial charge >= 0.3 is 5.97 Å². The van der Waals surface area contributed by atoms with Gasteiger partial charge in [0.1, 0.15) is 5.75 Å². The summed E-state index contributed by atoms with van der Waals surface area (Å²) in [7, 11) is 0. The van der Waals surface area contributed by atoms with Crippen molar-refractivity contribution in [2.45, 2.75) is 26.2 Å². The van der Waals surface area contributed by atoms with E-state index in [0.717, 1.165) is 22.0 Å². The van der Waals surface area contributed by atoms with Crippen LogP contribution < -0.4 is 14.5 Å². The Balaban J connectivity index is 1.18. The predicted octanol–water partition coefficient (Wildman–Crippen LogP) is 4.64. The molecule has 3 aromatic carbocycles. The van der Waals surface area contributed by atoms with Crippen LogP contribution in [0.3, 0.4) is 0 Å². The van der Waals surface area contributed by atoms with Crippen LogP contribution in [0.25, 0.3) is 10.8 Å². The van der Waals surface area contributed by atoms with Gasteiger partial charge in [-0.2, -0.15) is 0 Å². The van der Waals surface area contributed by atoms with Crippen LogP contribution in [0.5, 0.6) is 5.75 Å². The molecular formula is C30H26N2O5. The number of nitrogens with zero attached hydrogens (tertiary/aromatic N) is 2. The third-order valence-corrected chi connectivity index (χ3v) is 7.63. The van der Waals surface area contributed by atoms with Crippen LogP contribution in [-0.4, -0.2) is 30.2 Å². The van der Waals surface area contributed by atoms with Crippen molar-refractivity contribution in [2.24, 2.45) is 17.8 Å². The van der Waals surface area contributed by atoms with E-state index in [0.29, 0.717) is 18.5 Å². The second kappa shape index (κ2) is 9.00. The first kappa shape index (κ1) is 23.2. The number of ether oxygens (including phenoxy) is 1. The lowest BCUT2D eigenvalue weighted by Gasteiger charge is -2.19. The first-order valence-electron chi connectivity index (χ1n) is 12.5. The lowest BCUT2D eigenvalue weighted by Crippen LogP contribution is -2.31. The molecule has 0 unspecified atom stereocenters. The van der Waals surface area contributed by atoms with E-state index < -0.39 is 11.9 Å². The second-order valence-corrected chi connectivity index (χ2v) is 10.0. The van der Waals surface area contributed by atoms with Gasteiger partial charge in [-0.05, 0) is 43.4 Å². The van der Waals surface area contributed by atoms with Crippen molar-refractivity contribution in [3.8, 4) is 5.75 Å². The van der Waals surface area contributed by atoms with Crippen molar-refractivity contribution in [3.05, 3.63) is 78.4 Å². The summed E-state index contributed by atoms with van der Waals surface area (Å²) in [6, 6.07) is 20.1. The Morgan fingerprint density at radius 3 is 2.51 bits per heavy atom. The molecule has 7 nitrogen and oxygen atoms in total. The van der Waals surface area contributed by atoms with E-state index in [2.05, 4.69) is 0 Å². The molecule has 0 saturated carbocycles. The Morgan fingerprint density at radius 2 is 1.65 bits per heavy atom. The minimum Gasteiger partial charge on any atom is -0.426 e. The minimum absolute atomic E-state index is 0.0561. The van der Waals surface area contributed by atoms with E-state index in [4.69, 9.17) is 4.74 Å². The molecule has 3 aromatic rings. The summed E-state index contributed by atoms with van der Waals surface area (Å²) in [5, 5.41) is 1.97. The van der Waals surface area contributed by atoms with Gasteiger partial charge < -0.3 is 9.64 Å². The van der Waals surface area contributed by atoms with Crippen molar-refractivity contribution in [1.29, 1.82) is 0 Å². The van der Waals surface area contributed by atoms with Crippen LogP contribution >= 0.6 is 0 Å². The normalized spacial score (nSPS) is 23.4. The maximum absolute atomic E-state index is 13.1. The summed E-state index contributed by atoms with van der Waals surface area (Å²) in [5.41, 5.74) is 2.29. The molecule has 37 heavy (non-hydrogen) atoms. The minimum atomic E-state index is -0.623. The topological polar surface area (TPSA) is 84.0 Å². The number of fused-ring (bicyclic) bond motifs is 2. The maximum atomic E-state index is 13.1. The van der Waals surface area contributed by atoms with Crippen LogP contribution in [0, 0.1) is 17.8 Å². The first-order chi connectivity index (χ1) is 17.9. The van der Waals surface area contributed by atoms with Crippen LogP contribution in [0.4, 0.5) is 11.4 Å². The van der Waals surface area contributed by atoms with Crippen molar-refractivity contribution >= 4 is 45.8 Å². The highest BCUT2D eigenvalue weighted by atomic mass is 16.5. The largest absolute Gasteiger partial charge is 0.426 e. The smallest absolute Gasteiger partial charge is 0.316 e. The van der Waals surface area contributed by atoms with Gasteiger partial charge in [0, 0.05) is 24.4 Å².